The average molecular weight is 204 g/mol. The number of halogens is 1. The summed E-state index contributed by atoms with van der Waals surface area (Å²) in [4.78, 5) is 0. The van der Waals surface area contributed by atoms with Crippen LogP contribution >= 0.6 is 11.6 Å². The highest BCUT2D eigenvalue weighted by Gasteiger charge is 2.26. The number of rotatable bonds is 6. The summed E-state index contributed by atoms with van der Waals surface area (Å²) in [5, 5.41) is 3.65. The zero-order valence-corrected chi connectivity index (χ0v) is 9.66. The van der Waals surface area contributed by atoms with Gasteiger partial charge in [-0.05, 0) is 38.1 Å². The molecule has 78 valence electrons. The van der Waals surface area contributed by atoms with Crippen LogP contribution < -0.4 is 5.32 Å². The van der Waals surface area contributed by atoms with Crippen LogP contribution in [0.15, 0.2) is 0 Å². The Morgan fingerprint density at radius 1 is 1.31 bits per heavy atom. The summed E-state index contributed by atoms with van der Waals surface area (Å²) in [5.74, 6) is 1.67. The Morgan fingerprint density at radius 2 is 1.92 bits per heavy atom. The van der Waals surface area contributed by atoms with E-state index in [1.165, 1.54) is 25.8 Å². The molecule has 0 atom stereocenters. The van der Waals surface area contributed by atoms with Crippen molar-refractivity contribution in [1.29, 1.82) is 0 Å². The lowest BCUT2D eigenvalue weighted by atomic mass is 9.84. The Morgan fingerprint density at radius 3 is 2.23 bits per heavy atom. The van der Waals surface area contributed by atoms with E-state index in [1.807, 2.05) is 0 Å². The van der Waals surface area contributed by atoms with Gasteiger partial charge in [-0.2, -0.15) is 0 Å². The molecule has 0 aliphatic heterocycles. The maximum atomic E-state index is 6.01. The van der Waals surface area contributed by atoms with Crippen LogP contribution in [-0.2, 0) is 0 Å². The van der Waals surface area contributed by atoms with Gasteiger partial charge >= 0.3 is 0 Å². The van der Waals surface area contributed by atoms with Gasteiger partial charge < -0.3 is 5.32 Å². The largest absolute Gasteiger partial charge is 0.310 e. The molecule has 0 aromatic carbocycles. The second kappa shape index (κ2) is 5.21. The first-order valence-electron chi connectivity index (χ1n) is 5.57. The molecule has 0 bridgehead atoms. The molecule has 0 amide bonds. The number of alkyl halides is 1. The van der Waals surface area contributed by atoms with Crippen molar-refractivity contribution in [3.05, 3.63) is 0 Å². The number of hydrogen-bond donors (Lipinski definition) is 1. The maximum absolute atomic E-state index is 6.01. The van der Waals surface area contributed by atoms with E-state index in [9.17, 15) is 0 Å². The van der Waals surface area contributed by atoms with E-state index in [0.717, 1.165) is 24.6 Å². The molecule has 1 N–H and O–H groups in total. The minimum atomic E-state index is 0.206. The zero-order valence-electron chi connectivity index (χ0n) is 8.91. The van der Waals surface area contributed by atoms with Crippen LogP contribution in [0.25, 0.3) is 0 Å². The van der Waals surface area contributed by atoms with Gasteiger partial charge in [0.25, 0.3) is 0 Å². The van der Waals surface area contributed by atoms with Crippen molar-refractivity contribution in [3.63, 3.8) is 0 Å². The zero-order chi connectivity index (χ0) is 9.73. The third kappa shape index (κ3) is 2.85. The molecule has 1 aliphatic rings. The van der Waals surface area contributed by atoms with Gasteiger partial charge in [0.2, 0.25) is 0 Å². The Bertz CT molecular complexity index is 131. The Balaban J connectivity index is 2.27. The summed E-state index contributed by atoms with van der Waals surface area (Å²) in [5.41, 5.74) is 0.206. The molecule has 1 nitrogen and oxygen atoms in total. The molecule has 1 aliphatic carbocycles. The summed E-state index contributed by atoms with van der Waals surface area (Å²) in [6, 6.07) is 0. The van der Waals surface area contributed by atoms with Gasteiger partial charge in [-0.1, -0.05) is 20.3 Å². The second-order valence-corrected chi connectivity index (χ2v) is 4.57. The van der Waals surface area contributed by atoms with Crippen LogP contribution in [0, 0.1) is 5.92 Å². The fraction of sp³-hybridized carbons (Fsp3) is 1.00. The van der Waals surface area contributed by atoms with E-state index < -0.39 is 0 Å². The highest BCUT2D eigenvalue weighted by atomic mass is 35.5. The molecule has 0 saturated heterocycles. The van der Waals surface area contributed by atoms with Gasteiger partial charge in [0.05, 0.1) is 0 Å². The predicted molar refractivity (Wildman–Crippen MR) is 59.4 cm³/mol. The van der Waals surface area contributed by atoms with Crippen LogP contribution in [0.2, 0.25) is 0 Å². The first kappa shape index (κ1) is 11.3. The average Bonchev–Trinajstić information content (AvgIpc) is 2.11. The minimum absolute atomic E-state index is 0.206. The summed E-state index contributed by atoms with van der Waals surface area (Å²) >= 11 is 6.01. The van der Waals surface area contributed by atoms with E-state index in [-0.39, 0.29) is 5.54 Å². The monoisotopic (exact) mass is 203 g/mol. The number of nitrogens with one attached hydrogen (secondary N) is 1. The summed E-state index contributed by atoms with van der Waals surface area (Å²) in [6.45, 7) is 5.62. The molecule has 0 aromatic heterocycles. The molecule has 1 saturated carbocycles. The van der Waals surface area contributed by atoms with Gasteiger partial charge in [0.15, 0.2) is 0 Å². The standard InChI is InChI=1S/C11H22ClN/c1-3-11(4-2,9-12)13-8-10-6-5-7-10/h10,13H,3-9H2,1-2H3. The second-order valence-electron chi connectivity index (χ2n) is 4.30. The molecule has 0 aromatic rings. The molecule has 0 heterocycles. The van der Waals surface area contributed by atoms with Crippen molar-refractivity contribution in [2.75, 3.05) is 12.4 Å². The van der Waals surface area contributed by atoms with Gasteiger partial charge in [0, 0.05) is 11.4 Å². The predicted octanol–water partition coefficient (Wildman–Crippen LogP) is 3.17. The number of hydrogen-bond acceptors (Lipinski definition) is 1. The lowest BCUT2D eigenvalue weighted by Gasteiger charge is -2.35. The van der Waals surface area contributed by atoms with E-state index in [4.69, 9.17) is 11.6 Å². The highest BCUT2D eigenvalue weighted by molar-refractivity contribution is 6.18. The lowest BCUT2D eigenvalue weighted by molar-refractivity contribution is 0.247. The molecule has 0 spiro atoms. The fourth-order valence-electron chi connectivity index (χ4n) is 1.79. The molecular formula is C11H22ClN. The van der Waals surface area contributed by atoms with Crippen molar-refractivity contribution >= 4 is 11.6 Å². The van der Waals surface area contributed by atoms with E-state index in [1.54, 1.807) is 0 Å². The van der Waals surface area contributed by atoms with Gasteiger partial charge in [-0.15, -0.1) is 11.6 Å². The summed E-state index contributed by atoms with van der Waals surface area (Å²) in [6.07, 6.45) is 6.54. The third-order valence-corrected chi connectivity index (χ3v) is 4.11. The van der Waals surface area contributed by atoms with Crippen molar-refractivity contribution < 1.29 is 0 Å². The summed E-state index contributed by atoms with van der Waals surface area (Å²) in [7, 11) is 0. The van der Waals surface area contributed by atoms with Gasteiger partial charge in [-0.25, -0.2) is 0 Å². The normalized spacial score (nSPS) is 18.7. The molecule has 13 heavy (non-hydrogen) atoms. The first-order valence-corrected chi connectivity index (χ1v) is 6.10. The topological polar surface area (TPSA) is 12.0 Å². The van der Waals surface area contributed by atoms with Crippen LogP contribution in [0.4, 0.5) is 0 Å². The lowest BCUT2D eigenvalue weighted by Crippen LogP contribution is -2.48. The van der Waals surface area contributed by atoms with Crippen molar-refractivity contribution in [2.24, 2.45) is 5.92 Å². The smallest absolute Gasteiger partial charge is 0.0405 e. The van der Waals surface area contributed by atoms with E-state index in [0.29, 0.717) is 0 Å². The first-order chi connectivity index (χ1) is 6.26. The summed E-state index contributed by atoms with van der Waals surface area (Å²) < 4.78 is 0. The van der Waals surface area contributed by atoms with Gasteiger partial charge in [-0.3, -0.25) is 0 Å². The Hall–Kier alpha value is 0.250. The van der Waals surface area contributed by atoms with Crippen molar-refractivity contribution in [1.82, 2.24) is 5.32 Å². The Kier molecular flexibility index (Phi) is 4.54. The van der Waals surface area contributed by atoms with Crippen LogP contribution in [0.1, 0.15) is 46.0 Å². The third-order valence-electron chi connectivity index (χ3n) is 3.60. The molecular weight excluding hydrogens is 182 g/mol. The fourth-order valence-corrected chi connectivity index (χ4v) is 2.27. The molecule has 1 fully saturated rings. The van der Waals surface area contributed by atoms with Gasteiger partial charge in [0.1, 0.15) is 0 Å². The SMILES string of the molecule is CCC(CC)(CCl)NCC1CCC1. The molecule has 0 unspecified atom stereocenters. The molecule has 2 heteroatoms. The van der Waals surface area contributed by atoms with Crippen molar-refractivity contribution in [2.45, 2.75) is 51.5 Å². The quantitative estimate of drug-likeness (QED) is 0.654. The van der Waals surface area contributed by atoms with Crippen LogP contribution in [-0.4, -0.2) is 18.0 Å². The Labute approximate surface area is 87.2 Å². The van der Waals surface area contributed by atoms with E-state index >= 15 is 0 Å². The maximum Gasteiger partial charge on any atom is 0.0405 e. The van der Waals surface area contributed by atoms with Crippen LogP contribution in [0.5, 0.6) is 0 Å². The van der Waals surface area contributed by atoms with Crippen molar-refractivity contribution in [3.8, 4) is 0 Å². The highest BCUT2D eigenvalue weighted by Crippen LogP contribution is 2.27. The molecule has 0 radical (unpaired) electrons. The van der Waals surface area contributed by atoms with E-state index in [2.05, 4.69) is 19.2 Å². The minimum Gasteiger partial charge on any atom is -0.310 e. The molecule has 1 rings (SSSR count). The van der Waals surface area contributed by atoms with Crippen LogP contribution in [0.3, 0.4) is 0 Å².